The molecule has 0 spiro atoms. The van der Waals surface area contributed by atoms with Gasteiger partial charge in [-0.2, -0.15) is 0 Å². The van der Waals surface area contributed by atoms with E-state index < -0.39 is 5.97 Å². The highest BCUT2D eigenvalue weighted by molar-refractivity contribution is 5.85. The van der Waals surface area contributed by atoms with E-state index in [1.165, 1.54) is 32.1 Å². The Hall–Kier alpha value is -0.830. The van der Waals surface area contributed by atoms with Crippen molar-refractivity contribution in [1.82, 2.24) is 4.90 Å². The molecule has 0 radical (unpaired) electrons. The summed E-state index contributed by atoms with van der Waals surface area (Å²) in [6, 6.07) is 0.161. The smallest absolute Gasteiger partial charge is 0.0672 e. The lowest BCUT2D eigenvalue weighted by molar-refractivity contribution is -0.299. The van der Waals surface area contributed by atoms with E-state index >= 15 is 0 Å². The van der Waals surface area contributed by atoms with Crippen molar-refractivity contribution in [1.29, 1.82) is 0 Å². The van der Waals surface area contributed by atoms with Crippen LogP contribution in [0.4, 0.5) is 0 Å². The predicted molar refractivity (Wildman–Crippen MR) is 78.8 cm³/mol. The van der Waals surface area contributed by atoms with E-state index in [-0.39, 0.29) is 6.04 Å². The number of carboxylic acid groups (broad SMARTS) is 1. The average Bonchev–Trinajstić information content (AvgIpc) is 2.36. The van der Waals surface area contributed by atoms with Crippen molar-refractivity contribution in [3.05, 3.63) is 11.1 Å². The van der Waals surface area contributed by atoms with E-state index in [1.54, 1.807) is 6.92 Å². The topological polar surface area (TPSA) is 43.4 Å². The minimum atomic E-state index is -1.03. The van der Waals surface area contributed by atoms with Gasteiger partial charge in [0.1, 0.15) is 0 Å². The Morgan fingerprint density at radius 2 is 1.63 bits per heavy atom. The fourth-order valence-corrected chi connectivity index (χ4v) is 2.25. The van der Waals surface area contributed by atoms with Gasteiger partial charge in [-0.15, -0.1) is 0 Å². The van der Waals surface area contributed by atoms with Gasteiger partial charge >= 0.3 is 0 Å². The van der Waals surface area contributed by atoms with Crippen molar-refractivity contribution >= 4 is 5.97 Å². The number of hydrogen-bond donors (Lipinski definition) is 0. The Labute approximate surface area is 118 Å². The number of rotatable bonds is 10. The fraction of sp³-hybridized carbons (Fsp3) is 0.812. The van der Waals surface area contributed by atoms with Gasteiger partial charge in [0.05, 0.1) is 5.97 Å². The first-order valence-electron chi connectivity index (χ1n) is 7.49. The number of carbonyl (C=O) groups is 1. The summed E-state index contributed by atoms with van der Waals surface area (Å²) in [5.74, 6) is -1.03. The minimum absolute atomic E-state index is 0.161. The summed E-state index contributed by atoms with van der Waals surface area (Å²) in [6.45, 7) is 5.93. The molecule has 0 amide bonds. The minimum Gasteiger partial charge on any atom is -0.545 e. The summed E-state index contributed by atoms with van der Waals surface area (Å²) in [4.78, 5) is 13.1. The molecule has 0 aromatic rings. The highest BCUT2D eigenvalue weighted by Gasteiger charge is 2.14. The molecule has 112 valence electrons. The summed E-state index contributed by atoms with van der Waals surface area (Å²) in [6.07, 6.45) is 8.22. The third-order valence-corrected chi connectivity index (χ3v) is 3.87. The van der Waals surface area contributed by atoms with Crippen LogP contribution in [0.5, 0.6) is 0 Å². The highest BCUT2D eigenvalue weighted by atomic mass is 16.4. The molecular weight excluding hydrogens is 238 g/mol. The average molecular weight is 268 g/mol. The van der Waals surface area contributed by atoms with Gasteiger partial charge in [-0.3, -0.25) is 0 Å². The van der Waals surface area contributed by atoms with Gasteiger partial charge < -0.3 is 14.8 Å². The molecule has 0 N–H and O–H groups in total. The second kappa shape index (κ2) is 10.0. The lowest BCUT2D eigenvalue weighted by Gasteiger charge is -2.26. The van der Waals surface area contributed by atoms with Crippen LogP contribution in [0.15, 0.2) is 11.1 Å². The highest BCUT2D eigenvalue weighted by Crippen LogP contribution is 2.20. The Morgan fingerprint density at radius 3 is 2.11 bits per heavy atom. The molecule has 1 unspecified atom stereocenters. The number of aliphatic carboxylic acids is 1. The van der Waals surface area contributed by atoms with Crippen LogP contribution in [0, 0.1) is 0 Å². The maximum absolute atomic E-state index is 11.1. The summed E-state index contributed by atoms with van der Waals surface area (Å²) in [7, 11) is 3.96. The van der Waals surface area contributed by atoms with Crippen LogP contribution < -0.4 is 5.11 Å². The Balaban J connectivity index is 4.38. The molecule has 0 saturated heterocycles. The van der Waals surface area contributed by atoms with Crippen LogP contribution in [-0.4, -0.2) is 31.0 Å². The molecular formula is C16H30NO2-. The van der Waals surface area contributed by atoms with Gasteiger partial charge in [0.2, 0.25) is 0 Å². The molecule has 0 aliphatic carbocycles. The van der Waals surface area contributed by atoms with Gasteiger partial charge in [-0.05, 0) is 51.9 Å². The number of likely N-dealkylation sites (N-methyl/N-ethyl adjacent to an activating group) is 1. The number of carboxylic acids is 1. The molecule has 19 heavy (non-hydrogen) atoms. The summed E-state index contributed by atoms with van der Waals surface area (Å²) >= 11 is 0. The zero-order valence-corrected chi connectivity index (χ0v) is 13.3. The first-order valence-corrected chi connectivity index (χ1v) is 7.49. The van der Waals surface area contributed by atoms with Gasteiger partial charge in [-0.25, -0.2) is 0 Å². The zero-order valence-electron chi connectivity index (χ0n) is 13.3. The van der Waals surface area contributed by atoms with Crippen molar-refractivity contribution in [3.63, 3.8) is 0 Å². The van der Waals surface area contributed by atoms with E-state index in [4.69, 9.17) is 0 Å². The molecule has 0 heterocycles. The standard InChI is InChI=1S/C16H31NO2/c1-6-7-8-9-10-11-12-15(13(2)16(18)19)14(3)17(4)5/h14H,6-12H2,1-5H3,(H,18,19)/p-1/b15-13-. The van der Waals surface area contributed by atoms with Crippen LogP contribution in [0.25, 0.3) is 0 Å². The molecule has 1 atom stereocenters. The summed E-state index contributed by atoms with van der Waals surface area (Å²) in [5, 5.41) is 11.1. The maximum atomic E-state index is 11.1. The molecule has 0 rings (SSSR count). The third-order valence-electron chi connectivity index (χ3n) is 3.87. The van der Waals surface area contributed by atoms with Crippen LogP contribution in [0.3, 0.4) is 0 Å². The van der Waals surface area contributed by atoms with Crippen molar-refractivity contribution < 1.29 is 9.90 Å². The molecule has 0 aliphatic rings. The van der Waals surface area contributed by atoms with E-state index in [1.807, 2.05) is 14.1 Å². The predicted octanol–water partition coefficient (Wildman–Crippen LogP) is 2.75. The van der Waals surface area contributed by atoms with Crippen LogP contribution >= 0.6 is 0 Å². The molecule has 0 fully saturated rings. The SMILES string of the molecule is CCCCCCCC/C(=C(\C)C(=O)[O-])C(C)N(C)C. The second-order valence-electron chi connectivity index (χ2n) is 5.60. The van der Waals surface area contributed by atoms with Crippen LogP contribution in [0.1, 0.15) is 65.7 Å². The molecule has 0 saturated carbocycles. The largest absolute Gasteiger partial charge is 0.545 e. The van der Waals surface area contributed by atoms with Gasteiger partial charge in [0.15, 0.2) is 0 Å². The number of carbonyl (C=O) groups excluding carboxylic acids is 1. The van der Waals surface area contributed by atoms with E-state index in [9.17, 15) is 9.90 Å². The lowest BCUT2D eigenvalue weighted by atomic mass is 9.95. The first-order chi connectivity index (χ1) is 8.91. The number of nitrogens with zero attached hydrogens (tertiary/aromatic N) is 1. The van der Waals surface area contributed by atoms with E-state index in [0.717, 1.165) is 18.4 Å². The zero-order chi connectivity index (χ0) is 14.8. The Bertz CT molecular complexity index is 295. The van der Waals surface area contributed by atoms with Gasteiger partial charge in [0.25, 0.3) is 0 Å². The maximum Gasteiger partial charge on any atom is 0.0672 e. The van der Waals surface area contributed by atoms with Crippen molar-refractivity contribution in [2.45, 2.75) is 71.8 Å². The Kier molecular flexibility index (Phi) is 9.58. The Morgan fingerprint density at radius 1 is 1.11 bits per heavy atom. The first kappa shape index (κ1) is 18.2. The van der Waals surface area contributed by atoms with Crippen LogP contribution in [0.2, 0.25) is 0 Å². The summed E-state index contributed by atoms with van der Waals surface area (Å²) < 4.78 is 0. The second-order valence-corrected chi connectivity index (χ2v) is 5.60. The number of unbranched alkanes of at least 4 members (excludes halogenated alkanes) is 5. The third kappa shape index (κ3) is 7.36. The molecule has 3 nitrogen and oxygen atoms in total. The normalized spacial score (nSPS) is 14.4. The van der Waals surface area contributed by atoms with Crippen molar-refractivity contribution in [2.75, 3.05) is 14.1 Å². The van der Waals surface area contributed by atoms with Gasteiger partial charge in [-0.1, -0.05) is 39.0 Å². The van der Waals surface area contributed by atoms with Crippen LogP contribution in [-0.2, 0) is 4.79 Å². The molecule has 0 aromatic heterocycles. The fourth-order valence-electron chi connectivity index (χ4n) is 2.25. The molecule has 0 aromatic carbocycles. The van der Waals surface area contributed by atoms with Crippen molar-refractivity contribution in [2.24, 2.45) is 0 Å². The lowest BCUT2D eigenvalue weighted by Crippen LogP contribution is -2.31. The molecule has 3 heteroatoms. The molecule has 0 bridgehead atoms. The monoisotopic (exact) mass is 268 g/mol. The summed E-state index contributed by atoms with van der Waals surface area (Å²) in [5.41, 5.74) is 1.43. The van der Waals surface area contributed by atoms with E-state index in [0.29, 0.717) is 5.57 Å². The quantitative estimate of drug-likeness (QED) is 0.452. The number of hydrogen-bond acceptors (Lipinski definition) is 3. The van der Waals surface area contributed by atoms with Crippen molar-refractivity contribution in [3.8, 4) is 0 Å². The molecule has 0 aliphatic heterocycles. The van der Waals surface area contributed by atoms with Gasteiger partial charge in [0, 0.05) is 6.04 Å². The van der Waals surface area contributed by atoms with E-state index in [2.05, 4.69) is 18.7 Å².